The summed E-state index contributed by atoms with van der Waals surface area (Å²) in [6.45, 7) is 5.31. The van der Waals surface area contributed by atoms with Gasteiger partial charge in [-0.25, -0.2) is 4.98 Å². The number of hydrogen-bond donors (Lipinski definition) is 0. The Kier molecular flexibility index (Phi) is 5.50. The normalized spacial score (nSPS) is 10.5. The third kappa shape index (κ3) is 5.04. The summed E-state index contributed by atoms with van der Waals surface area (Å²) < 4.78 is 5.17. The van der Waals surface area contributed by atoms with Crippen molar-refractivity contribution in [2.24, 2.45) is 0 Å². The van der Waals surface area contributed by atoms with Gasteiger partial charge in [0.1, 0.15) is 5.78 Å². The fourth-order valence-electron chi connectivity index (χ4n) is 1.30. The molecule has 0 radical (unpaired) electrons. The van der Waals surface area contributed by atoms with E-state index in [1.165, 1.54) is 0 Å². The second kappa shape index (κ2) is 6.69. The molecular formula is C11H17NO2S. The van der Waals surface area contributed by atoms with Crippen molar-refractivity contribution in [2.45, 2.75) is 33.1 Å². The maximum Gasteiger partial charge on any atom is 0.138 e. The van der Waals surface area contributed by atoms with Gasteiger partial charge in [0.2, 0.25) is 0 Å². The molecule has 0 aliphatic rings. The van der Waals surface area contributed by atoms with Crippen molar-refractivity contribution in [1.82, 2.24) is 4.98 Å². The first-order valence-electron chi connectivity index (χ1n) is 5.22. The molecule has 0 bridgehead atoms. The first kappa shape index (κ1) is 12.3. The number of aryl methyl sites for hydroxylation is 1. The molecule has 84 valence electrons. The highest BCUT2D eigenvalue weighted by atomic mass is 32.1. The van der Waals surface area contributed by atoms with Gasteiger partial charge < -0.3 is 4.74 Å². The second-order valence-corrected chi connectivity index (χ2v) is 4.44. The predicted octanol–water partition coefficient (Wildman–Crippen LogP) is 2.38. The first-order valence-corrected chi connectivity index (χ1v) is 6.10. The third-order valence-electron chi connectivity index (χ3n) is 1.99. The van der Waals surface area contributed by atoms with E-state index in [0.29, 0.717) is 19.4 Å². The molecule has 4 heteroatoms. The van der Waals surface area contributed by atoms with Gasteiger partial charge in [-0.15, -0.1) is 11.3 Å². The van der Waals surface area contributed by atoms with Crippen molar-refractivity contribution in [3.8, 4) is 0 Å². The average molecular weight is 227 g/mol. The summed E-state index contributed by atoms with van der Waals surface area (Å²) in [4.78, 5) is 15.8. The molecule has 0 saturated carbocycles. The van der Waals surface area contributed by atoms with E-state index in [1.54, 1.807) is 11.3 Å². The zero-order valence-corrected chi connectivity index (χ0v) is 10.1. The Hall–Kier alpha value is -0.740. The summed E-state index contributed by atoms with van der Waals surface area (Å²) in [5.74, 6) is 0.250. The molecule has 1 heterocycles. The molecule has 0 spiro atoms. The van der Waals surface area contributed by atoms with Crippen molar-refractivity contribution in [3.63, 3.8) is 0 Å². The van der Waals surface area contributed by atoms with Crippen LogP contribution in [0.1, 0.15) is 30.5 Å². The Morgan fingerprint density at radius 2 is 2.40 bits per heavy atom. The summed E-state index contributed by atoms with van der Waals surface area (Å²) in [6, 6.07) is 0. The SMILES string of the molecule is CCOCCCC(=O)Cc1csc(C)n1. The van der Waals surface area contributed by atoms with Crippen LogP contribution in [0.15, 0.2) is 5.38 Å². The fraction of sp³-hybridized carbons (Fsp3) is 0.636. The highest BCUT2D eigenvalue weighted by Gasteiger charge is 2.06. The van der Waals surface area contributed by atoms with Crippen molar-refractivity contribution in [1.29, 1.82) is 0 Å². The maximum absolute atomic E-state index is 11.5. The zero-order valence-electron chi connectivity index (χ0n) is 9.28. The van der Waals surface area contributed by atoms with E-state index in [0.717, 1.165) is 23.7 Å². The molecule has 0 saturated heterocycles. The molecule has 0 N–H and O–H groups in total. The van der Waals surface area contributed by atoms with Crippen molar-refractivity contribution in [2.75, 3.05) is 13.2 Å². The van der Waals surface area contributed by atoms with Crippen LogP contribution < -0.4 is 0 Å². The van der Waals surface area contributed by atoms with Gasteiger partial charge in [-0.05, 0) is 20.3 Å². The van der Waals surface area contributed by atoms with Crippen LogP contribution in [-0.4, -0.2) is 24.0 Å². The van der Waals surface area contributed by atoms with E-state index in [-0.39, 0.29) is 5.78 Å². The van der Waals surface area contributed by atoms with Crippen LogP contribution in [0.4, 0.5) is 0 Å². The summed E-state index contributed by atoms with van der Waals surface area (Å²) in [6.07, 6.45) is 1.88. The standard InChI is InChI=1S/C11H17NO2S/c1-3-14-6-4-5-11(13)7-10-8-15-9(2)12-10/h8H,3-7H2,1-2H3. The molecule has 0 fully saturated rings. The van der Waals surface area contributed by atoms with Crippen LogP contribution in [0.5, 0.6) is 0 Å². The molecule has 0 aliphatic carbocycles. The monoisotopic (exact) mass is 227 g/mol. The Bertz CT molecular complexity index is 309. The molecule has 0 amide bonds. The van der Waals surface area contributed by atoms with Gasteiger partial charge in [0.05, 0.1) is 10.7 Å². The fourth-order valence-corrected chi connectivity index (χ4v) is 1.91. The van der Waals surface area contributed by atoms with Gasteiger partial charge in [-0.2, -0.15) is 0 Å². The number of carbonyl (C=O) groups is 1. The van der Waals surface area contributed by atoms with E-state index >= 15 is 0 Å². The van der Waals surface area contributed by atoms with E-state index in [4.69, 9.17) is 4.74 Å². The first-order chi connectivity index (χ1) is 7.22. The van der Waals surface area contributed by atoms with Gasteiger partial charge in [0.25, 0.3) is 0 Å². The highest BCUT2D eigenvalue weighted by molar-refractivity contribution is 7.09. The summed E-state index contributed by atoms with van der Waals surface area (Å²) in [5.41, 5.74) is 0.902. The smallest absolute Gasteiger partial charge is 0.138 e. The predicted molar refractivity (Wildman–Crippen MR) is 61.3 cm³/mol. The van der Waals surface area contributed by atoms with Crippen LogP contribution in [0.2, 0.25) is 0 Å². The van der Waals surface area contributed by atoms with E-state index in [1.807, 2.05) is 19.2 Å². The largest absolute Gasteiger partial charge is 0.382 e. The van der Waals surface area contributed by atoms with Crippen molar-refractivity contribution >= 4 is 17.1 Å². The van der Waals surface area contributed by atoms with Gasteiger partial charge in [0.15, 0.2) is 0 Å². The number of ether oxygens (including phenoxy) is 1. The topological polar surface area (TPSA) is 39.2 Å². The van der Waals surface area contributed by atoms with E-state index < -0.39 is 0 Å². The Labute approximate surface area is 94.5 Å². The lowest BCUT2D eigenvalue weighted by Crippen LogP contribution is -2.05. The summed E-state index contributed by atoms with van der Waals surface area (Å²) in [5, 5.41) is 2.97. The third-order valence-corrected chi connectivity index (χ3v) is 2.82. The number of carbonyl (C=O) groups excluding carboxylic acids is 1. The molecule has 1 aromatic rings. The molecule has 15 heavy (non-hydrogen) atoms. The number of nitrogens with zero attached hydrogens (tertiary/aromatic N) is 1. The Morgan fingerprint density at radius 1 is 1.60 bits per heavy atom. The minimum Gasteiger partial charge on any atom is -0.382 e. The van der Waals surface area contributed by atoms with Crippen LogP contribution in [-0.2, 0) is 16.0 Å². The molecule has 1 rings (SSSR count). The number of aromatic nitrogens is 1. The number of thiazole rings is 1. The van der Waals surface area contributed by atoms with Crippen molar-refractivity contribution < 1.29 is 9.53 Å². The van der Waals surface area contributed by atoms with Gasteiger partial charge in [0, 0.05) is 31.4 Å². The molecular weight excluding hydrogens is 210 g/mol. The lowest BCUT2D eigenvalue weighted by atomic mass is 10.1. The van der Waals surface area contributed by atoms with Crippen molar-refractivity contribution in [3.05, 3.63) is 16.1 Å². The maximum atomic E-state index is 11.5. The number of hydrogen-bond acceptors (Lipinski definition) is 4. The molecule has 0 unspecified atom stereocenters. The summed E-state index contributed by atoms with van der Waals surface area (Å²) >= 11 is 1.59. The molecule has 0 atom stereocenters. The van der Waals surface area contributed by atoms with Crippen LogP contribution in [0.3, 0.4) is 0 Å². The molecule has 3 nitrogen and oxygen atoms in total. The Balaban J connectivity index is 2.18. The minimum absolute atomic E-state index is 0.250. The minimum atomic E-state index is 0.250. The lowest BCUT2D eigenvalue weighted by molar-refractivity contribution is -0.118. The number of rotatable bonds is 7. The van der Waals surface area contributed by atoms with Crippen LogP contribution in [0.25, 0.3) is 0 Å². The summed E-state index contributed by atoms with van der Waals surface area (Å²) in [7, 11) is 0. The quantitative estimate of drug-likeness (QED) is 0.671. The molecule has 1 aromatic heterocycles. The van der Waals surface area contributed by atoms with E-state index in [2.05, 4.69) is 4.98 Å². The van der Waals surface area contributed by atoms with Gasteiger partial charge in [-0.1, -0.05) is 0 Å². The highest BCUT2D eigenvalue weighted by Crippen LogP contribution is 2.09. The van der Waals surface area contributed by atoms with Gasteiger partial charge >= 0.3 is 0 Å². The second-order valence-electron chi connectivity index (χ2n) is 3.37. The van der Waals surface area contributed by atoms with Crippen LogP contribution >= 0.6 is 11.3 Å². The number of Topliss-reactive ketones (excluding diaryl/α,β-unsaturated/α-hetero) is 1. The number of ketones is 1. The van der Waals surface area contributed by atoms with E-state index in [9.17, 15) is 4.79 Å². The lowest BCUT2D eigenvalue weighted by Gasteiger charge is -1.99. The zero-order chi connectivity index (χ0) is 11.1. The van der Waals surface area contributed by atoms with Gasteiger partial charge in [-0.3, -0.25) is 4.79 Å². The average Bonchev–Trinajstić information content (AvgIpc) is 2.59. The molecule has 0 aromatic carbocycles. The molecule has 0 aliphatic heterocycles. The van der Waals surface area contributed by atoms with Crippen LogP contribution in [0, 0.1) is 6.92 Å². The Morgan fingerprint density at radius 3 is 3.00 bits per heavy atom.